The van der Waals surface area contributed by atoms with Gasteiger partial charge < -0.3 is 15.4 Å². The number of pyridine rings is 1. The second-order valence-corrected chi connectivity index (χ2v) is 5.82. The first kappa shape index (κ1) is 18.3. The number of aromatic nitrogens is 3. The maximum absolute atomic E-state index is 12.1. The molecule has 0 radical (unpaired) electrons. The van der Waals surface area contributed by atoms with Crippen molar-refractivity contribution in [3.63, 3.8) is 0 Å². The molecule has 138 valence electrons. The Hall–Kier alpha value is -3.48. The van der Waals surface area contributed by atoms with E-state index in [9.17, 15) is 4.79 Å². The van der Waals surface area contributed by atoms with E-state index >= 15 is 0 Å². The fraction of sp³-hybridized carbons (Fsp3) is 0.200. The van der Waals surface area contributed by atoms with Crippen LogP contribution in [0, 0.1) is 0 Å². The fourth-order valence-corrected chi connectivity index (χ4v) is 2.55. The molecule has 0 aliphatic rings. The van der Waals surface area contributed by atoms with E-state index in [1.807, 2.05) is 36.4 Å². The van der Waals surface area contributed by atoms with Crippen LogP contribution in [-0.4, -0.2) is 34.5 Å². The van der Waals surface area contributed by atoms with Crippen LogP contribution >= 0.6 is 0 Å². The van der Waals surface area contributed by atoms with Gasteiger partial charge in [-0.05, 0) is 29.7 Å². The van der Waals surface area contributed by atoms with Crippen LogP contribution in [0.1, 0.15) is 21.6 Å². The van der Waals surface area contributed by atoms with Crippen LogP contribution in [0.15, 0.2) is 61.2 Å². The lowest BCUT2D eigenvalue weighted by molar-refractivity contribution is 0.0945. The summed E-state index contributed by atoms with van der Waals surface area (Å²) >= 11 is 0. The molecule has 3 aromatic rings. The van der Waals surface area contributed by atoms with E-state index < -0.39 is 0 Å². The smallest absolute Gasteiger partial charge is 0.271 e. The zero-order valence-electron chi connectivity index (χ0n) is 15.1. The first-order valence-corrected chi connectivity index (χ1v) is 8.61. The number of benzene rings is 1. The van der Waals surface area contributed by atoms with Crippen molar-refractivity contribution in [2.45, 2.75) is 13.0 Å². The molecule has 0 aliphatic heterocycles. The minimum absolute atomic E-state index is 0.271. The van der Waals surface area contributed by atoms with Crippen molar-refractivity contribution in [2.75, 3.05) is 19.0 Å². The number of ether oxygens (including phenoxy) is 1. The van der Waals surface area contributed by atoms with Crippen LogP contribution < -0.4 is 15.4 Å². The Bertz CT molecular complexity index is 869. The molecule has 2 heterocycles. The minimum Gasteiger partial charge on any atom is -0.496 e. The largest absolute Gasteiger partial charge is 0.496 e. The quantitative estimate of drug-likeness (QED) is 0.639. The molecule has 0 atom stereocenters. The summed E-state index contributed by atoms with van der Waals surface area (Å²) in [5.74, 6) is 1.21. The van der Waals surface area contributed by atoms with Crippen molar-refractivity contribution in [2.24, 2.45) is 0 Å². The Balaban J connectivity index is 1.49. The van der Waals surface area contributed by atoms with Crippen LogP contribution in [-0.2, 0) is 13.0 Å². The molecule has 0 fully saturated rings. The van der Waals surface area contributed by atoms with Gasteiger partial charge in [0.1, 0.15) is 17.3 Å². The maximum Gasteiger partial charge on any atom is 0.271 e. The summed E-state index contributed by atoms with van der Waals surface area (Å²) in [4.78, 5) is 24.6. The third-order valence-electron chi connectivity index (χ3n) is 3.95. The molecule has 0 saturated heterocycles. The van der Waals surface area contributed by atoms with Crippen LogP contribution in [0.4, 0.5) is 5.82 Å². The van der Waals surface area contributed by atoms with E-state index in [0.29, 0.717) is 18.9 Å². The molecular formula is C20H21N5O2. The molecule has 0 spiro atoms. The second-order valence-electron chi connectivity index (χ2n) is 5.82. The lowest BCUT2D eigenvalue weighted by Crippen LogP contribution is -2.24. The van der Waals surface area contributed by atoms with E-state index in [2.05, 4.69) is 25.6 Å². The molecule has 2 N–H and O–H groups in total. The highest BCUT2D eigenvalue weighted by atomic mass is 16.5. The summed E-state index contributed by atoms with van der Waals surface area (Å²) < 4.78 is 5.34. The van der Waals surface area contributed by atoms with Gasteiger partial charge in [-0.2, -0.15) is 0 Å². The number of nitrogens with one attached hydrogen (secondary N) is 2. The average molecular weight is 363 g/mol. The van der Waals surface area contributed by atoms with Gasteiger partial charge in [-0.15, -0.1) is 0 Å². The number of rotatable bonds is 8. The normalized spacial score (nSPS) is 10.3. The van der Waals surface area contributed by atoms with E-state index in [0.717, 1.165) is 23.3 Å². The van der Waals surface area contributed by atoms with Gasteiger partial charge in [-0.1, -0.05) is 24.3 Å². The van der Waals surface area contributed by atoms with Crippen molar-refractivity contribution >= 4 is 11.7 Å². The highest BCUT2D eigenvalue weighted by molar-refractivity contribution is 5.91. The number of hydrogen-bond donors (Lipinski definition) is 2. The molecule has 0 saturated carbocycles. The molecule has 0 bridgehead atoms. The topological polar surface area (TPSA) is 89.0 Å². The molecule has 1 aromatic carbocycles. The van der Waals surface area contributed by atoms with Crippen LogP contribution in [0.2, 0.25) is 0 Å². The van der Waals surface area contributed by atoms with Gasteiger partial charge in [0.05, 0.1) is 19.5 Å². The lowest BCUT2D eigenvalue weighted by Gasteiger charge is -2.09. The summed E-state index contributed by atoms with van der Waals surface area (Å²) in [6, 6.07) is 11.6. The van der Waals surface area contributed by atoms with Gasteiger partial charge in [0.15, 0.2) is 0 Å². The third-order valence-corrected chi connectivity index (χ3v) is 3.95. The van der Waals surface area contributed by atoms with Crippen molar-refractivity contribution in [1.82, 2.24) is 20.3 Å². The first-order chi connectivity index (χ1) is 13.3. The van der Waals surface area contributed by atoms with Gasteiger partial charge >= 0.3 is 0 Å². The molecule has 27 heavy (non-hydrogen) atoms. The number of carbonyl (C=O) groups excluding carboxylic acids is 1. The zero-order chi connectivity index (χ0) is 18.9. The third kappa shape index (κ3) is 5.24. The van der Waals surface area contributed by atoms with Crippen molar-refractivity contribution in [3.8, 4) is 5.75 Å². The maximum atomic E-state index is 12.1. The summed E-state index contributed by atoms with van der Waals surface area (Å²) in [7, 11) is 1.66. The minimum atomic E-state index is -0.271. The Labute approximate surface area is 157 Å². The summed E-state index contributed by atoms with van der Waals surface area (Å²) in [6.45, 7) is 1.08. The Morgan fingerprint density at radius 1 is 1.07 bits per heavy atom. The first-order valence-electron chi connectivity index (χ1n) is 8.61. The Morgan fingerprint density at radius 2 is 1.96 bits per heavy atom. The van der Waals surface area contributed by atoms with Crippen molar-refractivity contribution in [3.05, 3.63) is 78.0 Å². The van der Waals surface area contributed by atoms with E-state index in [1.54, 1.807) is 25.7 Å². The van der Waals surface area contributed by atoms with Crippen LogP contribution in [0.25, 0.3) is 0 Å². The van der Waals surface area contributed by atoms with Gasteiger partial charge in [-0.25, -0.2) is 9.97 Å². The molecule has 0 unspecified atom stereocenters. The highest BCUT2D eigenvalue weighted by Gasteiger charge is 2.08. The monoisotopic (exact) mass is 363 g/mol. The van der Waals surface area contributed by atoms with E-state index in [1.165, 1.54) is 6.20 Å². The average Bonchev–Trinajstić information content (AvgIpc) is 2.73. The second kappa shape index (κ2) is 9.28. The highest BCUT2D eigenvalue weighted by Crippen LogP contribution is 2.17. The molecule has 0 aliphatic carbocycles. The number of nitrogens with zero attached hydrogens (tertiary/aromatic N) is 3. The number of carbonyl (C=O) groups is 1. The van der Waals surface area contributed by atoms with Crippen molar-refractivity contribution in [1.29, 1.82) is 0 Å². The lowest BCUT2D eigenvalue weighted by atomic mass is 10.1. The fourth-order valence-electron chi connectivity index (χ4n) is 2.55. The van der Waals surface area contributed by atoms with Crippen LogP contribution in [0.3, 0.4) is 0 Å². The number of para-hydroxylation sites is 1. The summed E-state index contributed by atoms with van der Waals surface area (Å²) in [6.07, 6.45) is 7.21. The molecule has 7 heteroatoms. The summed E-state index contributed by atoms with van der Waals surface area (Å²) in [5.41, 5.74) is 2.31. The van der Waals surface area contributed by atoms with Crippen molar-refractivity contribution < 1.29 is 9.53 Å². The van der Waals surface area contributed by atoms with E-state index in [-0.39, 0.29) is 11.6 Å². The van der Waals surface area contributed by atoms with Gasteiger partial charge in [-0.3, -0.25) is 9.78 Å². The predicted octanol–water partition coefficient (Wildman–Crippen LogP) is 2.46. The molecule has 7 nitrogen and oxygen atoms in total. The molecule has 3 rings (SSSR count). The zero-order valence-corrected chi connectivity index (χ0v) is 15.1. The number of anilines is 1. The van der Waals surface area contributed by atoms with Gasteiger partial charge in [0, 0.05) is 25.5 Å². The van der Waals surface area contributed by atoms with E-state index in [4.69, 9.17) is 4.74 Å². The van der Waals surface area contributed by atoms with Gasteiger partial charge in [0.25, 0.3) is 5.91 Å². The Morgan fingerprint density at radius 3 is 2.70 bits per heavy atom. The number of amides is 1. The SMILES string of the molecule is COc1ccccc1CCNc1cnc(C(=O)NCc2cccnc2)cn1. The Kier molecular flexibility index (Phi) is 6.30. The molecule has 1 amide bonds. The van der Waals surface area contributed by atoms with Crippen LogP contribution in [0.5, 0.6) is 5.75 Å². The standard InChI is InChI=1S/C20H21N5O2/c1-27-18-7-3-2-6-16(18)8-10-22-19-14-23-17(13-24-19)20(26)25-12-15-5-4-9-21-11-15/h2-7,9,11,13-14H,8,10,12H2,1H3,(H,22,24)(H,25,26). The van der Waals surface area contributed by atoms with Gasteiger partial charge in [0.2, 0.25) is 0 Å². The molecular weight excluding hydrogens is 342 g/mol. The number of hydrogen-bond acceptors (Lipinski definition) is 6. The summed E-state index contributed by atoms with van der Waals surface area (Å²) in [5, 5.41) is 6.00. The molecule has 2 aromatic heterocycles. The number of methoxy groups -OCH3 is 1. The predicted molar refractivity (Wildman–Crippen MR) is 103 cm³/mol.